The van der Waals surface area contributed by atoms with E-state index >= 15 is 0 Å². The molecule has 0 spiro atoms. The van der Waals surface area contributed by atoms with Crippen LogP contribution in [0.2, 0.25) is 0 Å². The summed E-state index contributed by atoms with van der Waals surface area (Å²) in [7, 11) is 0. The van der Waals surface area contributed by atoms with E-state index in [2.05, 4.69) is 43.1 Å². The van der Waals surface area contributed by atoms with Gasteiger partial charge in [-0.25, -0.2) is 0 Å². The fourth-order valence-corrected chi connectivity index (χ4v) is 6.22. The molecule has 0 bridgehead atoms. The monoisotopic (exact) mass is 517 g/mol. The molecule has 1 saturated carbocycles. The van der Waals surface area contributed by atoms with Gasteiger partial charge in [-0.15, -0.1) is 0 Å². The highest BCUT2D eigenvalue weighted by atomic mass is 16.1. The first kappa shape index (κ1) is 30.6. The summed E-state index contributed by atoms with van der Waals surface area (Å²) in [4.78, 5) is 17.2. The second-order valence-electron chi connectivity index (χ2n) is 12.0. The summed E-state index contributed by atoms with van der Waals surface area (Å²) in [6, 6.07) is 13.1. The van der Waals surface area contributed by atoms with Gasteiger partial charge in [0, 0.05) is 23.7 Å². The Labute approximate surface area is 234 Å². The van der Waals surface area contributed by atoms with Crippen molar-refractivity contribution in [2.75, 3.05) is 0 Å². The molecule has 1 aliphatic carbocycles. The second-order valence-corrected chi connectivity index (χ2v) is 12.0. The molecule has 2 nitrogen and oxygen atoms in total. The Morgan fingerprint density at radius 2 is 1.26 bits per heavy atom. The van der Waals surface area contributed by atoms with Crippen molar-refractivity contribution in [1.82, 2.24) is 4.98 Å². The highest BCUT2D eigenvalue weighted by Crippen LogP contribution is 2.38. The number of carbonyl (C=O) groups is 1. The number of hydrogen-bond acceptors (Lipinski definition) is 2. The van der Waals surface area contributed by atoms with Gasteiger partial charge >= 0.3 is 0 Å². The minimum absolute atomic E-state index is 0.234. The van der Waals surface area contributed by atoms with Gasteiger partial charge in [0.2, 0.25) is 0 Å². The van der Waals surface area contributed by atoms with Crippen LogP contribution < -0.4 is 0 Å². The van der Waals surface area contributed by atoms with Crippen molar-refractivity contribution in [2.45, 2.75) is 148 Å². The average Bonchev–Trinajstić information content (AvgIpc) is 2.97. The van der Waals surface area contributed by atoms with Crippen molar-refractivity contribution in [3.05, 3.63) is 53.7 Å². The zero-order valence-electron chi connectivity index (χ0n) is 24.7. The van der Waals surface area contributed by atoms with Gasteiger partial charge in [0.25, 0.3) is 0 Å². The summed E-state index contributed by atoms with van der Waals surface area (Å²) in [6.07, 6.45) is 27.9. The van der Waals surface area contributed by atoms with Crippen molar-refractivity contribution in [1.29, 1.82) is 0 Å². The molecule has 1 heterocycles. The van der Waals surface area contributed by atoms with Crippen LogP contribution in [0, 0.1) is 5.92 Å². The molecule has 0 amide bonds. The molecule has 0 unspecified atom stereocenters. The number of pyridine rings is 1. The Morgan fingerprint density at radius 1 is 0.684 bits per heavy atom. The van der Waals surface area contributed by atoms with E-state index in [4.69, 9.17) is 0 Å². The van der Waals surface area contributed by atoms with Crippen LogP contribution in [0.4, 0.5) is 0 Å². The van der Waals surface area contributed by atoms with E-state index < -0.39 is 0 Å². The molecule has 38 heavy (non-hydrogen) atoms. The van der Waals surface area contributed by atoms with Crippen molar-refractivity contribution in [3.63, 3.8) is 0 Å². The predicted octanol–water partition coefficient (Wildman–Crippen LogP) is 11.5. The Bertz CT molecular complexity index is 877. The number of hydrogen-bond donors (Lipinski definition) is 0. The Kier molecular flexibility index (Phi) is 14.8. The molecular formula is C36H55NO. The molecule has 210 valence electrons. The summed E-state index contributed by atoms with van der Waals surface area (Å²) < 4.78 is 0. The molecule has 1 aromatic heterocycles. The van der Waals surface area contributed by atoms with Crippen LogP contribution in [0.3, 0.4) is 0 Å². The molecule has 0 radical (unpaired) electrons. The molecule has 0 atom stereocenters. The maximum atomic E-state index is 12.6. The van der Waals surface area contributed by atoms with Gasteiger partial charge in [0.1, 0.15) is 0 Å². The maximum absolute atomic E-state index is 12.6. The van der Waals surface area contributed by atoms with Crippen LogP contribution in [0.25, 0.3) is 11.3 Å². The van der Waals surface area contributed by atoms with Gasteiger partial charge < -0.3 is 0 Å². The molecule has 0 aliphatic heterocycles. The lowest BCUT2D eigenvalue weighted by molar-refractivity contribution is 0.0978. The first-order valence-electron chi connectivity index (χ1n) is 16.3. The lowest BCUT2D eigenvalue weighted by atomic mass is 9.77. The van der Waals surface area contributed by atoms with E-state index in [0.29, 0.717) is 12.3 Å². The Hall–Kier alpha value is -1.96. The number of nitrogens with zero attached hydrogens (tertiary/aromatic N) is 1. The molecule has 1 fully saturated rings. The van der Waals surface area contributed by atoms with Crippen LogP contribution >= 0.6 is 0 Å². The molecule has 2 heteroatoms. The third-order valence-corrected chi connectivity index (χ3v) is 8.83. The van der Waals surface area contributed by atoms with E-state index in [0.717, 1.165) is 35.6 Å². The molecular weight excluding hydrogens is 462 g/mol. The number of rotatable bonds is 19. The lowest BCUT2D eigenvalue weighted by Crippen LogP contribution is -2.13. The Balaban J connectivity index is 1.36. The van der Waals surface area contributed by atoms with Crippen molar-refractivity contribution in [3.8, 4) is 11.3 Å². The summed E-state index contributed by atoms with van der Waals surface area (Å²) in [5.41, 5.74) is 4.35. The van der Waals surface area contributed by atoms with Gasteiger partial charge in [-0.1, -0.05) is 128 Å². The predicted molar refractivity (Wildman–Crippen MR) is 164 cm³/mol. The van der Waals surface area contributed by atoms with Crippen molar-refractivity contribution >= 4 is 5.78 Å². The topological polar surface area (TPSA) is 30.0 Å². The first-order valence-corrected chi connectivity index (χ1v) is 16.3. The van der Waals surface area contributed by atoms with E-state index in [9.17, 15) is 4.79 Å². The number of aromatic nitrogens is 1. The summed E-state index contributed by atoms with van der Waals surface area (Å²) in [5.74, 6) is 1.91. The molecule has 1 aliphatic rings. The average molecular weight is 518 g/mol. The van der Waals surface area contributed by atoms with E-state index in [1.165, 1.54) is 115 Å². The van der Waals surface area contributed by atoms with Gasteiger partial charge in [-0.3, -0.25) is 9.78 Å². The zero-order chi connectivity index (χ0) is 26.8. The van der Waals surface area contributed by atoms with E-state index in [-0.39, 0.29) is 5.78 Å². The standard InChI is InChI=1S/C36H55NO/c1-3-5-7-9-11-12-14-16-18-36(38)34-27-28-35(37-29-34)33-25-23-32(24-26-33)31-21-19-30(20-22-31)17-15-13-10-8-6-4-2/h23-31H,3-22H2,1-2H3. The van der Waals surface area contributed by atoms with Crippen LogP contribution in [0.1, 0.15) is 164 Å². The van der Waals surface area contributed by atoms with Crippen LogP contribution in [-0.4, -0.2) is 10.8 Å². The minimum atomic E-state index is 0.234. The summed E-state index contributed by atoms with van der Waals surface area (Å²) in [6.45, 7) is 4.55. The van der Waals surface area contributed by atoms with Gasteiger partial charge in [0.15, 0.2) is 5.78 Å². The molecule has 2 aromatic rings. The number of ketones is 1. The molecule has 1 aromatic carbocycles. The fraction of sp³-hybridized carbons (Fsp3) is 0.667. The van der Waals surface area contributed by atoms with Crippen molar-refractivity contribution < 1.29 is 4.79 Å². The highest BCUT2D eigenvalue weighted by Gasteiger charge is 2.22. The van der Waals surface area contributed by atoms with Gasteiger partial charge in [-0.05, 0) is 61.6 Å². The number of Topliss-reactive ketones (excluding diaryl/α,β-unsaturated/α-hetero) is 1. The third kappa shape index (κ3) is 11.0. The van der Waals surface area contributed by atoms with Crippen molar-refractivity contribution in [2.24, 2.45) is 5.92 Å². The fourth-order valence-electron chi connectivity index (χ4n) is 6.22. The normalized spacial score (nSPS) is 17.5. The smallest absolute Gasteiger partial charge is 0.164 e. The second kappa shape index (κ2) is 18.3. The van der Waals surface area contributed by atoms with Crippen LogP contribution in [-0.2, 0) is 0 Å². The largest absolute Gasteiger partial charge is 0.294 e. The number of unbranched alkanes of at least 4 members (excludes halogenated alkanes) is 12. The third-order valence-electron chi connectivity index (χ3n) is 8.83. The van der Waals surface area contributed by atoms with Crippen LogP contribution in [0.15, 0.2) is 42.6 Å². The molecule has 3 rings (SSSR count). The minimum Gasteiger partial charge on any atom is -0.294 e. The maximum Gasteiger partial charge on any atom is 0.164 e. The SMILES string of the molecule is CCCCCCCCCCC(=O)c1ccc(-c2ccc(C3CCC(CCCCCCCC)CC3)cc2)nc1. The highest BCUT2D eigenvalue weighted by molar-refractivity contribution is 5.95. The zero-order valence-corrected chi connectivity index (χ0v) is 24.7. The van der Waals surface area contributed by atoms with Gasteiger partial charge in [0.05, 0.1) is 5.69 Å². The van der Waals surface area contributed by atoms with E-state index in [1.54, 1.807) is 6.20 Å². The lowest BCUT2D eigenvalue weighted by Gasteiger charge is -2.29. The van der Waals surface area contributed by atoms with Crippen LogP contribution in [0.5, 0.6) is 0 Å². The first-order chi connectivity index (χ1) is 18.7. The van der Waals surface area contributed by atoms with Gasteiger partial charge in [-0.2, -0.15) is 0 Å². The molecule has 0 saturated heterocycles. The number of carbonyl (C=O) groups excluding carboxylic acids is 1. The number of benzene rings is 1. The quantitative estimate of drug-likeness (QED) is 0.137. The van der Waals surface area contributed by atoms with E-state index in [1.807, 2.05) is 12.1 Å². The Morgan fingerprint density at radius 3 is 1.84 bits per heavy atom. The molecule has 0 N–H and O–H groups in total. The summed E-state index contributed by atoms with van der Waals surface area (Å²) in [5, 5.41) is 0. The summed E-state index contributed by atoms with van der Waals surface area (Å²) >= 11 is 0.